The second-order valence-corrected chi connectivity index (χ2v) is 7.56. The summed E-state index contributed by atoms with van der Waals surface area (Å²) < 4.78 is 27.2. The molecule has 0 bridgehead atoms. The maximum atomic E-state index is 13.7. The number of halogens is 3. The highest BCUT2D eigenvalue weighted by Crippen LogP contribution is 2.30. The van der Waals surface area contributed by atoms with Crippen LogP contribution in [0, 0.1) is 11.6 Å². The molecule has 0 aliphatic carbocycles. The van der Waals surface area contributed by atoms with Crippen LogP contribution in [0.5, 0.6) is 5.75 Å². The fraction of sp³-hybridized carbons (Fsp3) is 0.120. The Balaban J connectivity index is 0.00000306. The zero-order chi connectivity index (χ0) is 22.8. The fourth-order valence-corrected chi connectivity index (χ4v) is 3.60. The van der Waals surface area contributed by atoms with Crippen LogP contribution in [-0.4, -0.2) is 5.11 Å². The maximum absolute atomic E-state index is 13.7. The van der Waals surface area contributed by atoms with E-state index in [1.54, 1.807) is 36.4 Å². The third-order valence-electron chi connectivity index (χ3n) is 5.34. The molecule has 3 N–H and O–H groups in total. The lowest BCUT2D eigenvalue weighted by atomic mass is 9.96. The molecule has 0 aromatic heterocycles. The van der Waals surface area contributed by atoms with Crippen molar-refractivity contribution in [3.8, 4) is 5.75 Å². The molecule has 5 nitrogen and oxygen atoms in total. The molecular formula is C25H21ClF2N2O3. The topological polar surface area (TPSA) is 78.4 Å². The van der Waals surface area contributed by atoms with E-state index in [-0.39, 0.29) is 35.8 Å². The van der Waals surface area contributed by atoms with Crippen molar-refractivity contribution in [2.45, 2.75) is 19.0 Å². The van der Waals surface area contributed by atoms with Gasteiger partial charge in [0.25, 0.3) is 10.9 Å². The van der Waals surface area contributed by atoms with Crippen LogP contribution >= 0.6 is 12.4 Å². The van der Waals surface area contributed by atoms with Crippen molar-refractivity contribution >= 4 is 23.8 Å². The Morgan fingerprint density at radius 1 is 0.788 bits per heavy atom. The first-order valence-electron chi connectivity index (χ1n) is 9.99. The first kappa shape index (κ1) is 24.1. The smallest absolute Gasteiger partial charge is 0.271 e. The minimum atomic E-state index is -0.918. The van der Waals surface area contributed by atoms with Crippen LogP contribution < -0.4 is 21.5 Å². The summed E-state index contributed by atoms with van der Waals surface area (Å²) in [5.41, 5.74) is 0.968. The Labute approximate surface area is 194 Å². The maximum Gasteiger partial charge on any atom is 0.271 e. The van der Waals surface area contributed by atoms with Crippen LogP contribution in [0.25, 0.3) is 0 Å². The van der Waals surface area contributed by atoms with Gasteiger partial charge < -0.3 is 10.4 Å². The largest absolute Gasteiger partial charge is 0.502 e. The van der Waals surface area contributed by atoms with Gasteiger partial charge in [0.15, 0.2) is 5.75 Å². The van der Waals surface area contributed by atoms with E-state index in [4.69, 9.17) is 0 Å². The Hall–Kier alpha value is -3.55. The van der Waals surface area contributed by atoms with Crippen molar-refractivity contribution in [2.75, 3.05) is 5.32 Å². The molecule has 4 aromatic rings. The summed E-state index contributed by atoms with van der Waals surface area (Å²) in [5.74, 6) is -1.29. The highest BCUT2D eigenvalue weighted by Gasteiger charge is 2.22. The monoisotopic (exact) mass is 470 g/mol. The average Bonchev–Trinajstić information content (AvgIpc) is 2.81. The van der Waals surface area contributed by atoms with Crippen LogP contribution in [0.3, 0.4) is 0 Å². The summed E-state index contributed by atoms with van der Waals surface area (Å²) in [6.45, 7) is 1.90. The molecule has 4 aromatic carbocycles. The number of hydrogen-bond donors (Lipinski definition) is 3. The number of rotatable bonds is 7. The van der Waals surface area contributed by atoms with E-state index < -0.39 is 22.6 Å². The van der Waals surface area contributed by atoms with Crippen molar-refractivity contribution < 1.29 is 13.9 Å². The van der Waals surface area contributed by atoms with Crippen molar-refractivity contribution in [3.05, 3.63) is 122 Å². The second kappa shape index (κ2) is 9.94. The summed E-state index contributed by atoms with van der Waals surface area (Å²) >= 11 is 0. The highest BCUT2D eigenvalue weighted by atomic mass is 35.5. The van der Waals surface area contributed by atoms with Gasteiger partial charge in [-0.05, 0) is 60.0 Å². The van der Waals surface area contributed by atoms with E-state index in [1.165, 1.54) is 24.3 Å². The molecule has 8 heteroatoms. The minimum Gasteiger partial charge on any atom is -0.502 e. The van der Waals surface area contributed by atoms with Gasteiger partial charge >= 0.3 is 0 Å². The van der Waals surface area contributed by atoms with Gasteiger partial charge in [0.2, 0.25) is 0 Å². The summed E-state index contributed by atoms with van der Waals surface area (Å²) in [4.78, 5) is 22.9. The van der Waals surface area contributed by atoms with Crippen LogP contribution in [-0.2, 0) is 0 Å². The zero-order valence-corrected chi connectivity index (χ0v) is 18.3. The standard InChI is InChI=1S/C25H20F2N2O3.ClH/c1-14(16-4-2-6-19(27)12-16)28-21(15-8-10-18(26)11-9-15)17-5-3-7-20(13-17)29-22-23(30)25(32)24(22)31;/h2-14,21,28-30H,1H3;1H/t14-,21?;/m1./s1. The summed E-state index contributed by atoms with van der Waals surface area (Å²) in [5, 5.41) is 15.9. The zero-order valence-electron chi connectivity index (χ0n) is 17.5. The van der Waals surface area contributed by atoms with Crippen LogP contribution in [0.4, 0.5) is 20.2 Å². The Kier molecular flexibility index (Phi) is 7.26. The molecule has 0 fully saturated rings. The van der Waals surface area contributed by atoms with Crippen molar-refractivity contribution in [1.82, 2.24) is 5.32 Å². The summed E-state index contributed by atoms with van der Waals surface area (Å²) in [7, 11) is 0. The average molecular weight is 471 g/mol. The first-order valence-corrected chi connectivity index (χ1v) is 9.99. The Morgan fingerprint density at radius 3 is 2.12 bits per heavy atom. The summed E-state index contributed by atoms with van der Waals surface area (Å²) in [6.07, 6.45) is 0. The molecule has 0 saturated carbocycles. The lowest BCUT2D eigenvalue weighted by molar-refractivity contribution is 0.466. The minimum absolute atomic E-state index is 0. The molecule has 4 rings (SSSR count). The van der Waals surface area contributed by atoms with Crippen molar-refractivity contribution in [1.29, 1.82) is 0 Å². The van der Waals surface area contributed by atoms with Crippen LogP contribution in [0.2, 0.25) is 0 Å². The van der Waals surface area contributed by atoms with Crippen molar-refractivity contribution in [2.24, 2.45) is 0 Å². The molecule has 170 valence electrons. The predicted octanol–water partition coefficient (Wildman–Crippen LogP) is 4.87. The number of aromatic hydroxyl groups is 1. The SMILES string of the molecule is C[C@@H](NC(c1ccc(F)cc1)c1cccc(Nc2c(O)c(=O)c2=O)c1)c1cccc(F)c1.Cl. The van der Waals surface area contributed by atoms with Gasteiger partial charge in [0.1, 0.15) is 17.3 Å². The number of anilines is 2. The molecule has 33 heavy (non-hydrogen) atoms. The van der Waals surface area contributed by atoms with Crippen LogP contribution in [0.1, 0.15) is 35.7 Å². The van der Waals surface area contributed by atoms with Gasteiger partial charge in [0, 0.05) is 11.7 Å². The quantitative estimate of drug-likeness (QED) is 0.336. The normalized spacial score (nSPS) is 12.7. The van der Waals surface area contributed by atoms with Gasteiger partial charge in [-0.25, -0.2) is 8.78 Å². The second-order valence-electron chi connectivity index (χ2n) is 7.56. The molecule has 0 amide bonds. The molecule has 0 aliphatic rings. The lowest BCUT2D eigenvalue weighted by Crippen LogP contribution is -2.32. The Morgan fingerprint density at radius 2 is 1.45 bits per heavy atom. The molecular weight excluding hydrogens is 450 g/mol. The van der Waals surface area contributed by atoms with Gasteiger partial charge in [-0.2, -0.15) is 0 Å². The predicted molar refractivity (Wildman–Crippen MR) is 126 cm³/mol. The van der Waals surface area contributed by atoms with E-state index in [1.807, 2.05) is 19.1 Å². The lowest BCUT2D eigenvalue weighted by Gasteiger charge is -2.25. The fourth-order valence-electron chi connectivity index (χ4n) is 3.60. The Bertz CT molecular complexity index is 1330. The summed E-state index contributed by atoms with van der Waals surface area (Å²) in [6, 6.07) is 18.7. The van der Waals surface area contributed by atoms with Gasteiger partial charge in [-0.1, -0.05) is 36.4 Å². The van der Waals surface area contributed by atoms with E-state index >= 15 is 0 Å². The van der Waals surface area contributed by atoms with E-state index in [0.717, 1.165) is 16.7 Å². The molecule has 0 heterocycles. The van der Waals surface area contributed by atoms with E-state index in [0.29, 0.717) is 5.69 Å². The van der Waals surface area contributed by atoms with E-state index in [9.17, 15) is 23.5 Å². The van der Waals surface area contributed by atoms with Crippen LogP contribution in [0.15, 0.2) is 82.4 Å². The molecule has 1 unspecified atom stereocenters. The highest BCUT2D eigenvalue weighted by molar-refractivity contribution is 5.85. The molecule has 2 atom stereocenters. The van der Waals surface area contributed by atoms with Gasteiger partial charge in [-0.15, -0.1) is 12.4 Å². The molecule has 0 spiro atoms. The molecule has 0 radical (unpaired) electrons. The van der Waals surface area contributed by atoms with Gasteiger partial charge in [0.05, 0.1) is 6.04 Å². The number of benzene rings is 3. The van der Waals surface area contributed by atoms with Crippen molar-refractivity contribution in [3.63, 3.8) is 0 Å². The third kappa shape index (κ3) is 5.10. The number of hydrogen-bond acceptors (Lipinski definition) is 5. The molecule has 0 aliphatic heterocycles. The van der Waals surface area contributed by atoms with Gasteiger partial charge in [-0.3, -0.25) is 14.9 Å². The first-order chi connectivity index (χ1) is 15.3. The third-order valence-corrected chi connectivity index (χ3v) is 5.34. The van der Waals surface area contributed by atoms with E-state index in [2.05, 4.69) is 10.6 Å². The number of nitrogens with one attached hydrogen (secondary N) is 2. The molecule has 0 saturated heterocycles.